The number of rotatable bonds is 4. The van der Waals surface area contributed by atoms with Gasteiger partial charge >= 0.3 is 0 Å². The van der Waals surface area contributed by atoms with Gasteiger partial charge in [-0.05, 0) is 51.5 Å². The van der Waals surface area contributed by atoms with E-state index >= 15 is 0 Å². The van der Waals surface area contributed by atoms with Crippen LogP contribution >= 0.6 is 0 Å². The molecule has 124 valence electrons. The first kappa shape index (κ1) is 18.6. The standard InChI is InChI=1S/C14H18F3NO3S/c1-9(18-22(20,21)13(2,3)4)10-5-11(7-12(15)6-10)14(16,17)8-19/h5-7,19H,8H2,1-4H3. The third kappa shape index (κ3) is 4.07. The summed E-state index contributed by atoms with van der Waals surface area (Å²) in [5.41, 5.74) is -0.937. The molecule has 0 heterocycles. The molecule has 0 saturated carbocycles. The van der Waals surface area contributed by atoms with E-state index in [-0.39, 0.29) is 11.3 Å². The fourth-order valence-corrected chi connectivity index (χ4v) is 2.21. The highest BCUT2D eigenvalue weighted by atomic mass is 32.2. The molecular weight excluding hydrogens is 319 g/mol. The second-order valence-corrected chi connectivity index (χ2v) is 8.21. The molecule has 0 unspecified atom stereocenters. The minimum Gasteiger partial charge on any atom is -0.390 e. The molecule has 0 amide bonds. The van der Waals surface area contributed by atoms with Crippen LogP contribution in [0.5, 0.6) is 0 Å². The molecule has 8 heteroatoms. The first-order valence-electron chi connectivity index (χ1n) is 6.41. The Bertz CT molecular complexity index is 692. The van der Waals surface area contributed by atoms with Crippen molar-refractivity contribution in [1.82, 2.24) is 0 Å². The number of hydrogen-bond donors (Lipinski definition) is 1. The average molecular weight is 337 g/mol. The monoisotopic (exact) mass is 337 g/mol. The normalized spacial score (nSPS) is 14.3. The number of halogens is 3. The van der Waals surface area contributed by atoms with Gasteiger partial charge < -0.3 is 5.11 Å². The minimum absolute atomic E-state index is 0.0871. The van der Waals surface area contributed by atoms with E-state index in [1.165, 1.54) is 27.7 Å². The zero-order valence-corrected chi connectivity index (χ0v) is 13.5. The lowest BCUT2D eigenvalue weighted by molar-refractivity contribution is -0.0558. The Labute approximate surface area is 127 Å². The average Bonchev–Trinajstić information content (AvgIpc) is 2.36. The molecule has 0 radical (unpaired) electrons. The van der Waals surface area contributed by atoms with Crippen LogP contribution in [0.4, 0.5) is 13.2 Å². The van der Waals surface area contributed by atoms with Crippen LogP contribution in [-0.4, -0.2) is 30.6 Å². The SMILES string of the molecule is CC(=NS(=O)(=O)C(C)(C)C)c1cc(F)cc(C(F)(F)CO)c1. The Balaban J connectivity index is 3.40. The highest BCUT2D eigenvalue weighted by Crippen LogP contribution is 2.29. The molecule has 0 fully saturated rings. The molecule has 22 heavy (non-hydrogen) atoms. The predicted molar refractivity (Wildman–Crippen MR) is 78.3 cm³/mol. The van der Waals surface area contributed by atoms with Gasteiger partial charge in [-0.25, -0.2) is 12.8 Å². The summed E-state index contributed by atoms with van der Waals surface area (Å²) < 4.78 is 66.8. The molecule has 1 N–H and O–H groups in total. The zero-order chi connectivity index (χ0) is 17.3. The van der Waals surface area contributed by atoms with Crippen molar-refractivity contribution in [2.24, 2.45) is 4.40 Å². The van der Waals surface area contributed by atoms with E-state index in [9.17, 15) is 21.6 Å². The molecule has 0 aliphatic rings. The van der Waals surface area contributed by atoms with E-state index in [2.05, 4.69) is 4.40 Å². The lowest BCUT2D eigenvalue weighted by Crippen LogP contribution is -2.26. The molecule has 0 aliphatic heterocycles. The molecule has 4 nitrogen and oxygen atoms in total. The topological polar surface area (TPSA) is 66.7 Å². The molecule has 0 atom stereocenters. The van der Waals surface area contributed by atoms with Crippen molar-refractivity contribution in [2.75, 3.05) is 6.61 Å². The molecular formula is C14H18F3NO3S. The summed E-state index contributed by atoms with van der Waals surface area (Å²) in [6, 6.07) is 2.41. The van der Waals surface area contributed by atoms with Crippen LogP contribution < -0.4 is 0 Å². The largest absolute Gasteiger partial charge is 0.390 e. The third-order valence-electron chi connectivity index (χ3n) is 2.97. The van der Waals surface area contributed by atoms with Crippen molar-refractivity contribution in [3.8, 4) is 0 Å². The number of aliphatic hydroxyl groups is 1. The quantitative estimate of drug-likeness (QED) is 0.859. The summed E-state index contributed by atoms with van der Waals surface area (Å²) in [5.74, 6) is -4.59. The number of sulfonamides is 1. The van der Waals surface area contributed by atoms with Crippen LogP contribution in [0.2, 0.25) is 0 Å². The summed E-state index contributed by atoms with van der Waals surface area (Å²) in [6.45, 7) is 4.13. The molecule has 1 rings (SSSR count). The molecule has 0 aliphatic carbocycles. The Morgan fingerprint density at radius 1 is 1.23 bits per heavy atom. The van der Waals surface area contributed by atoms with E-state index in [0.717, 1.165) is 12.1 Å². The number of alkyl halides is 2. The smallest absolute Gasteiger partial charge is 0.295 e. The van der Waals surface area contributed by atoms with Crippen LogP contribution in [0.25, 0.3) is 0 Å². The van der Waals surface area contributed by atoms with E-state index in [1.807, 2.05) is 0 Å². The lowest BCUT2D eigenvalue weighted by Gasteiger charge is -2.17. The van der Waals surface area contributed by atoms with Crippen LogP contribution in [0, 0.1) is 5.82 Å². The fraction of sp³-hybridized carbons (Fsp3) is 0.500. The van der Waals surface area contributed by atoms with Gasteiger partial charge in [0.25, 0.3) is 15.9 Å². The maximum absolute atomic E-state index is 13.5. The van der Waals surface area contributed by atoms with E-state index < -0.39 is 38.7 Å². The van der Waals surface area contributed by atoms with Crippen molar-refractivity contribution in [3.63, 3.8) is 0 Å². The highest BCUT2D eigenvalue weighted by molar-refractivity contribution is 7.91. The highest BCUT2D eigenvalue weighted by Gasteiger charge is 2.32. The first-order valence-corrected chi connectivity index (χ1v) is 7.85. The van der Waals surface area contributed by atoms with Gasteiger partial charge in [0.05, 0.1) is 10.5 Å². The van der Waals surface area contributed by atoms with Crippen molar-refractivity contribution >= 4 is 15.7 Å². The van der Waals surface area contributed by atoms with Crippen molar-refractivity contribution in [3.05, 3.63) is 35.1 Å². The van der Waals surface area contributed by atoms with Crippen molar-refractivity contribution < 1.29 is 26.7 Å². The van der Waals surface area contributed by atoms with Gasteiger partial charge in [-0.3, -0.25) is 0 Å². The number of hydrogen-bond acceptors (Lipinski definition) is 3. The van der Waals surface area contributed by atoms with Crippen LogP contribution in [-0.2, 0) is 15.9 Å². The number of aliphatic hydroxyl groups excluding tert-OH is 1. The van der Waals surface area contributed by atoms with Crippen LogP contribution in [0.15, 0.2) is 22.6 Å². The summed E-state index contributed by atoms with van der Waals surface area (Å²) in [7, 11) is -3.88. The van der Waals surface area contributed by atoms with E-state index in [0.29, 0.717) is 6.07 Å². The second-order valence-electron chi connectivity index (χ2n) is 5.86. The Kier molecular flexibility index (Phi) is 5.08. The van der Waals surface area contributed by atoms with E-state index in [1.54, 1.807) is 0 Å². The Morgan fingerprint density at radius 2 is 1.77 bits per heavy atom. The Hall–Kier alpha value is -1.41. The molecule has 0 aromatic heterocycles. The molecule has 1 aromatic carbocycles. The maximum atomic E-state index is 13.5. The van der Waals surface area contributed by atoms with Gasteiger partial charge in [0, 0.05) is 5.56 Å². The second kappa shape index (κ2) is 6.00. The number of nitrogens with zero attached hydrogens (tertiary/aromatic N) is 1. The lowest BCUT2D eigenvalue weighted by atomic mass is 10.0. The van der Waals surface area contributed by atoms with Gasteiger partial charge in [0.15, 0.2) is 0 Å². The molecule has 1 aromatic rings. The summed E-state index contributed by atoms with van der Waals surface area (Å²) in [5, 5.41) is 8.66. The first-order chi connectivity index (χ1) is 9.80. The molecule has 0 bridgehead atoms. The third-order valence-corrected chi connectivity index (χ3v) is 5.03. The fourth-order valence-electron chi connectivity index (χ4n) is 1.47. The van der Waals surface area contributed by atoms with Crippen LogP contribution in [0.3, 0.4) is 0 Å². The van der Waals surface area contributed by atoms with Gasteiger partial charge in [0.2, 0.25) is 0 Å². The number of benzene rings is 1. The van der Waals surface area contributed by atoms with Crippen LogP contribution in [0.1, 0.15) is 38.8 Å². The van der Waals surface area contributed by atoms with Gasteiger partial charge in [0.1, 0.15) is 12.4 Å². The summed E-state index contributed by atoms with van der Waals surface area (Å²) >= 11 is 0. The summed E-state index contributed by atoms with van der Waals surface area (Å²) in [6.07, 6.45) is 0. The Morgan fingerprint density at radius 3 is 2.23 bits per heavy atom. The van der Waals surface area contributed by atoms with E-state index in [4.69, 9.17) is 5.11 Å². The molecule has 0 saturated heterocycles. The minimum atomic E-state index is -3.88. The predicted octanol–water partition coefficient (Wildman–Crippen LogP) is 2.85. The zero-order valence-electron chi connectivity index (χ0n) is 12.7. The maximum Gasteiger partial charge on any atom is 0.295 e. The van der Waals surface area contributed by atoms with Gasteiger partial charge in [-0.2, -0.15) is 13.2 Å². The van der Waals surface area contributed by atoms with Crippen molar-refractivity contribution in [1.29, 1.82) is 0 Å². The summed E-state index contributed by atoms with van der Waals surface area (Å²) in [4.78, 5) is 0. The van der Waals surface area contributed by atoms with Gasteiger partial charge in [-0.1, -0.05) is 0 Å². The van der Waals surface area contributed by atoms with Gasteiger partial charge in [-0.15, -0.1) is 0 Å². The molecule has 0 spiro atoms. The van der Waals surface area contributed by atoms with Crippen molar-refractivity contribution in [2.45, 2.75) is 38.4 Å².